The van der Waals surface area contributed by atoms with Crippen molar-refractivity contribution in [1.82, 2.24) is 14.9 Å². The maximum atomic E-state index is 12.9. The van der Waals surface area contributed by atoms with Crippen molar-refractivity contribution in [3.63, 3.8) is 0 Å². The third-order valence-corrected chi connectivity index (χ3v) is 5.22. The van der Waals surface area contributed by atoms with Gasteiger partial charge in [0.05, 0.1) is 24.2 Å². The number of imidazole rings is 1. The normalized spacial score (nSPS) is 16.3. The van der Waals surface area contributed by atoms with E-state index in [1.54, 1.807) is 25.3 Å². The Balaban J connectivity index is 1.49. The molecule has 1 aliphatic heterocycles. The number of H-pyrrole nitrogens is 1. The molecule has 1 unspecified atom stereocenters. The standard InChI is InChI=1S/C24H25N3O3/c1-3-15-30-21-12-10-17(16-22(21)29-2)11-13-23(28)27-14-6-9-20(27)24-25-18-7-4-5-8-19(18)26-24/h3-5,7-8,10-13,16,20H,1,6,9,14-15H2,2H3,(H,25,26)/b13-11+. The first-order chi connectivity index (χ1) is 14.7. The van der Waals surface area contributed by atoms with Gasteiger partial charge in [0.1, 0.15) is 12.4 Å². The molecular formula is C24H25N3O3. The van der Waals surface area contributed by atoms with Gasteiger partial charge in [0.25, 0.3) is 0 Å². The fourth-order valence-electron chi connectivity index (χ4n) is 3.76. The van der Waals surface area contributed by atoms with E-state index in [9.17, 15) is 4.79 Å². The third kappa shape index (κ3) is 4.08. The highest BCUT2D eigenvalue weighted by Crippen LogP contribution is 2.32. The number of ether oxygens (including phenoxy) is 2. The van der Waals surface area contributed by atoms with Gasteiger partial charge in [0, 0.05) is 12.6 Å². The number of aromatic nitrogens is 2. The molecule has 30 heavy (non-hydrogen) atoms. The van der Waals surface area contributed by atoms with Crippen LogP contribution in [-0.4, -0.2) is 41.0 Å². The summed E-state index contributed by atoms with van der Waals surface area (Å²) in [6, 6.07) is 13.5. The Morgan fingerprint density at radius 3 is 2.97 bits per heavy atom. The smallest absolute Gasteiger partial charge is 0.247 e. The van der Waals surface area contributed by atoms with Crippen molar-refractivity contribution in [2.24, 2.45) is 0 Å². The summed E-state index contributed by atoms with van der Waals surface area (Å²) < 4.78 is 11.0. The van der Waals surface area contributed by atoms with E-state index < -0.39 is 0 Å². The number of hydrogen-bond acceptors (Lipinski definition) is 4. The number of carbonyl (C=O) groups is 1. The maximum absolute atomic E-state index is 12.9. The molecule has 1 N–H and O–H groups in total. The van der Waals surface area contributed by atoms with Crippen molar-refractivity contribution in [2.75, 3.05) is 20.3 Å². The zero-order chi connectivity index (χ0) is 20.9. The van der Waals surface area contributed by atoms with Gasteiger partial charge in [-0.05, 0) is 48.7 Å². The Morgan fingerprint density at radius 1 is 1.30 bits per heavy atom. The number of fused-ring (bicyclic) bond motifs is 1. The first kappa shape index (κ1) is 19.8. The zero-order valence-electron chi connectivity index (χ0n) is 17.0. The van der Waals surface area contributed by atoms with E-state index in [4.69, 9.17) is 14.5 Å². The molecule has 0 saturated carbocycles. The van der Waals surface area contributed by atoms with Gasteiger partial charge < -0.3 is 19.4 Å². The van der Waals surface area contributed by atoms with Crippen LogP contribution in [0.25, 0.3) is 17.1 Å². The van der Waals surface area contributed by atoms with Gasteiger partial charge in [-0.15, -0.1) is 0 Å². The Morgan fingerprint density at radius 2 is 2.17 bits per heavy atom. The average molecular weight is 403 g/mol. The monoisotopic (exact) mass is 403 g/mol. The van der Waals surface area contributed by atoms with Crippen LogP contribution in [0.15, 0.2) is 61.2 Å². The first-order valence-electron chi connectivity index (χ1n) is 10.0. The molecule has 2 aromatic carbocycles. The van der Waals surface area contributed by atoms with Crippen LogP contribution in [0.4, 0.5) is 0 Å². The van der Waals surface area contributed by atoms with E-state index in [1.807, 2.05) is 47.4 Å². The summed E-state index contributed by atoms with van der Waals surface area (Å²) >= 11 is 0. The molecule has 1 saturated heterocycles. The number of nitrogens with one attached hydrogen (secondary N) is 1. The minimum atomic E-state index is -0.0289. The fourth-order valence-corrected chi connectivity index (χ4v) is 3.76. The van der Waals surface area contributed by atoms with Gasteiger partial charge in [-0.1, -0.05) is 30.9 Å². The van der Waals surface area contributed by atoms with Crippen LogP contribution in [0.2, 0.25) is 0 Å². The minimum absolute atomic E-state index is 0.0242. The summed E-state index contributed by atoms with van der Waals surface area (Å²) in [5, 5.41) is 0. The highest BCUT2D eigenvalue weighted by Gasteiger charge is 2.31. The lowest BCUT2D eigenvalue weighted by Crippen LogP contribution is -2.29. The quantitative estimate of drug-likeness (QED) is 0.465. The molecule has 154 valence electrons. The van der Waals surface area contributed by atoms with Crippen LogP contribution < -0.4 is 9.47 Å². The number of rotatable bonds is 7. The molecule has 1 atom stereocenters. The first-order valence-corrected chi connectivity index (χ1v) is 10.0. The van der Waals surface area contributed by atoms with Crippen LogP contribution in [0.5, 0.6) is 11.5 Å². The van der Waals surface area contributed by atoms with Gasteiger partial charge in [-0.3, -0.25) is 4.79 Å². The number of methoxy groups -OCH3 is 1. The number of benzene rings is 2. The molecule has 1 aliphatic rings. The predicted octanol–water partition coefficient (Wildman–Crippen LogP) is 4.51. The zero-order valence-corrected chi connectivity index (χ0v) is 17.0. The molecule has 6 heteroatoms. The fraction of sp³-hybridized carbons (Fsp3) is 0.250. The summed E-state index contributed by atoms with van der Waals surface area (Å²) in [5.41, 5.74) is 2.78. The molecule has 6 nitrogen and oxygen atoms in total. The van der Waals surface area contributed by atoms with Crippen molar-refractivity contribution in [3.05, 3.63) is 72.6 Å². The number of para-hydroxylation sites is 2. The van der Waals surface area contributed by atoms with Crippen molar-refractivity contribution in [1.29, 1.82) is 0 Å². The van der Waals surface area contributed by atoms with Crippen LogP contribution in [0.3, 0.4) is 0 Å². The van der Waals surface area contributed by atoms with Gasteiger partial charge in [-0.2, -0.15) is 0 Å². The lowest BCUT2D eigenvalue weighted by molar-refractivity contribution is -0.126. The van der Waals surface area contributed by atoms with Crippen LogP contribution in [-0.2, 0) is 4.79 Å². The van der Waals surface area contributed by atoms with Crippen molar-refractivity contribution in [2.45, 2.75) is 18.9 Å². The number of carbonyl (C=O) groups excluding carboxylic acids is 1. The second kappa shape index (κ2) is 8.86. The number of likely N-dealkylation sites (tertiary alicyclic amines) is 1. The SMILES string of the molecule is C=CCOc1ccc(/C=C/C(=O)N2CCCC2c2nc3ccccc3[nH]2)cc1OC. The van der Waals surface area contributed by atoms with Gasteiger partial charge in [-0.25, -0.2) is 4.98 Å². The number of nitrogens with zero attached hydrogens (tertiary/aromatic N) is 2. The lowest BCUT2D eigenvalue weighted by Gasteiger charge is -2.21. The molecule has 4 rings (SSSR count). The summed E-state index contributed by atoms with van der Waals surface area (Å²) in [5.74, 6) is 2.09. The van der Waals surface area contributed by atoms with Crippen LogP contribution in [0, 0.1) is 0 Å². The Hall–Kier alpha value is -3.54. The number of amides is 1. The van der Waals surface area contributed by atoms with Crippen molar-refractivity contribution >= 4 is 23.0 Å². The van der Waals surface area contributed by atoms with Crippen molar-refractivity contribution in [3.8, 4) is 11.5 Å². The summed E-state index contributed by atoms with van der Waals surface area (Å²) in [7, 11) is 1.59. The minimum Gasteiger partial charge on any atom is -0.493 e. The van der Waals surface area contributed by atoms with E-state index in [0.717, 1.165) is 41.8 Å². The molecule has 2 heterocycles. The Labute approximate surface area is 175 Å². The molecular weight excluding hydrogens is 378 g/mol. The molecule has 0 bridgehead atoms. The van der Waals surface area contributed by atoms with Gasteiger partial charge in [0.15, 0.2) is 11.5 Å². The maximum Gasteiger partial charge on any atom is 0.247 e. The Kier molecular flexibility index (Phi) is 5.84. The predicted molar refractivity (Wildman–Crippen MR) is 118 cm³/mol. The Bertz CT molecular complexity index is 1050. The molecule has 1 fully saturated rings. The van der Waals surface area contributed by atoms with E-state index >= 15 is 0 Å². The lowest BCUT2D eigenvalue weighted by atomic mass is 10.1. The van der Waals surface area contributed by atoms with E-state index in [0.29, 0.717) is 18.1 Å². The second-order valence-electron chi connectivity index (χ2n) is 7.17. The van der Waals surface area contributed by atoms with Gasteiger partial charge >= 0.3 is 0 Å². The summed E-state index contributed by atoms with van der Waals surface area (Å²) in [4.78, 5) is 22.9. The van der Waals surface area contributed by atoms with Crippen LogP contribution in [0.1, 0.15) is 30.3 Å². The van der Waals surface area contributed by atoms with Crippen LogP contribution >= 0.6 is 0 Å². The largest absolute Gasteiger partial charge is 0.493 e. The number of aromatic amines is 1. The van der Waals surface area contributed by atoms with Gasteiger partial charge in [0.2, 0.25) is 5.91 Å². The highest BCUT2D eigenvalue weighted by molar-refractivity contribution is 5.92. The highest BCUT2D eigenvalue weighted by atomic mass is 16.5. The molecule has 0 radical (unpaired) electrons. The van der Waals surface area contributed by atoms with E-state index in [1.165, 1.54) is 0 Å². The second-order valence-corrected chi connectivity index (χ2v) is 7.17. The van der Waals surface area contributed by atoms with E-state index in [-0.39, 0.29) is 11.9 Å². The summed E-state index contributed by atoms with van der Waals surface area (Å²) in [6.45, 7) is 4.78. The molecule has 0 aliphatic carbocycles. The topological polar surface area (TPSA) is 67.5 Å². The molecule has 3 aromatic rings. The molecule has 0 spiro atoms. The average Bonchev–Trinajstić information content (AvgIpc) is 3.43. The summed E-state index contributed by atoms with van der Waals surface area (Å²) in [6.07, 6.45) is 6.96. The molecule has 1 aromatic heterocycles. The molecule has 1 amide bonds. The van der Waals surface area contributed by atoms with E-state index in [2.05, 4.69) is 11.6 Å². The number of hydrogen-bond donors (Lipinski definition) is 1. The van der Waals surface area contributed by atoms with Crippen molar-refractivity contribution < 1.29 is 14.3 Å². The third-order valence-electron chi connectivity index (χ3n) is 5.22.